The molecule has 0 aliphatic carbocycles. The van der Waals surface area contributed by atoms with Gasteiger partial charge in [-0.1, -0.05) is 60.7 Å². The van der Waals surface area contributed by atoms with Crippen LogP contribution in [0.15, 0.2) is 60.7 Å². The standard InChI is InChI=1S/C20H26N2O/c1-21(14-18-8-4-2-5-9-18)16-20-17-22(12-13-23-20)15-19-10-6-3-7-11-19/h2-11,20H,12-17H2,1H3. The van der Waals surface area contributed by atoms with Crippen molar-refractivity contribution in [1.29, 1.82) is 0 Å². The Morgan fingerprint density at radius 3 is 2.35 bits per heavy atom. The minimum Gasteiger partial charge on any atom is -0.374 e. The van der Waals surface area contributed by atoms with Crippen LogP contribution in [0, 0.1) is 0 Å². The third-order valence-corrected chi connectivity index (χ3v) is 4.28. The molecule has 1 heterocycles. The van der Waals surface area contributed by atoms with Gasteiger partial charge in [0.05, 0.1) is 12.7 Å². The first-order valence-corrected chi connectivity index (χ1v) is 8.40. The Morgan fingerprint density at radius 1 is 1.00 bits per heavy atom. The fourth-order valence-corrected chi connectivity index (χ4v) is 3.18. The first-order valence-electron chi connectivity index (χ1n) is 8.40. The molecule has 1 aliphatic heterocycles. The molecule has 23 heavy (non-hydrogen) atoms. The molecule has 0 radical (unpaired) electrons. The molecule has 3 rings (SSSR count). The predicted octanol–water partition coefficient (Wildman–Crippen LogP) is 3.02. The van der Waals surface area contributed by atoms with Gasteiger partial charge in [-0.25, -0.2) is 0 Å². The summed E-state index contributed by atoms with van der Waals surface area (Å²) in [5.41, 5.74) is 2.73. The van der Waals surface area contributed by atoms with Gasteiger partial charge in [-0.2, -0.15) is 0 Å². The lowest BCUT2D eigenvalue weighted by atomic mass is 10.1. The lowest BCUT2D eigenvalue weighted by molar-refractivity contribution is -0.0439. The zero-order valence-corrected chi connectivity index (χ0v) is 13.9. The highest BCUT2D eigenvalue weighted by atomic mass is 16.5. The number of rotatable bonds is 6. The molecule has 3 heteroatoms. The number of hydrogen-bond donors (Lipinski definition) is 0. The molecule has 3 nitrogen and oxygen atoms in total. The van der Waals surface area contributed by atoms with Crippen molar-refractivity contribution in [3.05, 3.63) is 71.8 Å². The van der Waals surface area contributed by atoms with Crippen molar-refractivity contribution in [2.24, 2.45) is 0 Å². The highest BCUT2D eigenvalue weighted by Crippen LogP contribution is 2.12. The van der Waals surface area contributed by atoms with Crippen molar-refractivity contribution < 1.29 is 4.74 Å². The van der Waals surface area contributed by atoms with Gasteiger partial charge in [0.15, 0.2) is 0 Å². The van der Waals surface area contributed by atoms with E-state index in [4.69, 9.17) is 4.74 Å². The van der Waals surface area contributed by atoms with Crippen molar-refractivity contribution in [3.63, 3.8) is 0 Å². The SMILES string of the molecule is CN(Cc1ccccc1)CC1CN(Cc2ccccc2)CCO1. The van der Waals surface area contributed by atoms with Crippen LogP contribution in [0.3, 0.4) is 0 Å². The molecule has 1 atom stereocenters. The van der Waals surface area contributed by atoms with Gasteiger partial charge in [0.2, 0.25) is 0 Å². The molecule has 0 aromatic heterocycles. The van der Waals surface area contributed by atoms with Crippen LogP contribution < -0.4 is 0 Å². The van der Waals surface area contributed by atoms with E-state index in [0.29, 0.717) is 6.10 Å². The fraction of sp³-hybridized carbons (Fsp3) is 0.400. The molecule has 0 spiro atoms. The Morgan fingerprint density at radius 2 is 1.65 bits per heavy atom. The molecule has 1 saturated heterocycles. The predicted molar refractivity (Wildman–Crippen MR) is 94.2 cm³/mol. The van der Waals surface area contributed by atoms with Crippen LogP contribution >= 0.6 is 0 Å². The lowest BCUT2D eigenvalue weighted by Crippen LogP contribution is -2.46. The Balaban J connectivity index is 1.48. The number of hydrogen-bond acceptors (Lipinski definition) is 3. The normalized spacial score (nSPS) is 19.1. The van der Waals surface area contributed by atoms with Gasteiger partial charge in [0.25, 0.3) is 0 Å². The number of nitrogens with zero attached hydrogens (tertiary/aromatic N) is 2. The summed E-state index contributed by atoms with van der Waals surface area (Å²) in [5, 5.41) is 0. The van der Waals surface area contributed by atoms with Crippen molar-refractivity contribution in [2.75, 3.05) is 33.3 Å². The topological polar surface area (TPSA) is 15.7 Å². The second-order valence-electron chi connectivity index (χ2n) is 6.40. The van der Waals surface area contributed by atoms with E-state index in [9.17, 15) is 0 Å². The van der Waals surface area contributed by atoms with E-state index in [2.05, 4.69) is 77.5 Å². The molecule has 0 amide bonds. The molecule has 0 bridgehead atoms. The van der Waals surface area contributed by atoms with Gasteiger partial charge < -0.3 is 4.74 Å². The fourth-order valence-electron chi connectivity index (χ4n) is 3.18. The van der Waals surface area contributed by atoms with Crippen LogP contribution in [0.1, 0.15) is 11.1 Å². The van der Waals surface area contributed by atoms with Crippen molar-refractivity contribution >= 4 is 0 Å². The second kappa shape index (κ2) is 8.25. The lowest BCUT2D eigenvalue weighted by Gasteiger charge is -2.35. The summed E-state index contributed by atoms with van der Waals surface area (Å²) in [4.78, 5) is 4.85. The Labute approximate surface area is 139 Å². The summed E-state index contributed by atoms with van der Waals surface area (Å²) in [6.45, 7) is 5.82. The molecule has 0 saturated carbocycles. The van der Waals surface area contributed by atoms with Crippen LogP contribution in [0.4, 0.5) is 0 Å². The largest absolute Gasteiger partial charge is 0.374 e. The summed E-state index contributed by atoms with van der Waals surface area (Å²) >= 11 is 0. The summed E-state index contributed by atoms with van der Waals surface area (Å²) in [6, 6.07) is 21.3. The van der Waals surface area contributed by atoms with Gasteiger partial charge in [-0.3, -0.25) is 9.80 Å². The molecular formula is C20H26N2O. The number of ether oxygens (including phenoxy) is 1. The Kier molecular flexibility index (Phi) is 5.81. The molecule has 1 unspecified atom stereocenters. The number of morpholine rings is 1. The smallest absolute Gasteiger partial charge is 0.0829 e. The van der Waals surface area contributed by atoms with E-state index in [1.165, 1.54) is 11.1 Å². The zero-order valence-electron chi connectivity index (χ0n) is 13.9. The van der Waals surface area contributed by atoms with Gasteiger partial charge in [0, 0.05) is 32.7 Å². The maximum absolute atomic E-state index is 5.97. The van der Waals surface area contributed by atoms with Crippen LogP contribution in [-0.2, 0) is 17.8 Å². The summed E-state index contributed by atoms with van der Waals surface area (Å²) in [7, 11) is 2.17. The highest BCUT2D eigenvalue weighted by molar-refractivity contribution is 5.15. The molecule has 2 aromatic carbocycles. The van der Waals surface area contributed by atoms with Crippen LogP contribution in [-0.4, -0.2) is 49.2 Å². The van der Waals surface area contributed by atoms with Crippen LogP contribution in [0.25, 0.3) is 0 Å². The maximum Gasteiger partial charge on any atom is 0.0829 e. The summed E-state index contributed by atoms with van der Waals surface area (Å²) in [5.74, 6) is 0. The average molecular weight is 310 g/mol. The van der Waals surface area contributed by atoms with E-state index in [1.807, 2.05) is 0 Å². The van der Waals surface area contributed by atoms with E-state index < -0.39 is 0 Å². The third-order valence-electron chi connectivity index (χ3n) is 4.28. The van der Waals surface area contributed by atoms with Gasteiger partial charge >= 0.3 is 0 Å². The van der Waals surface area contributed by atoms with E-state index >= 15 is 0 Å². The quantitative estimate of drug-likeness (QED) is 0.816. The number of benzene rings is 2. The van der Waals surface area contributed by atoms with E-state index in [0.717, 1.165) is 39.3 Å². The molecular weight excluding hydrogens is 284 g/mol. The van der Waals surface area contributed by atoms with Gasteiger partial charge in [0.1, 0.15) is 0 Å². The van der Waals surface area contributed by atoms with E-state index in [1.54, 1.807) is 0 Å². The maximum atomic E-state index is 5.97. The van der Waals surface area contributed by atoms with Gasteiger partial charge in [-0.15, -0.1) is 0 Å². The molecule has 122 valence electrons. The van der Waals surface area contributed by atoms with E-state index in [-0.39, 0.29) is 0 Å². The first-order chi connectivity index (χ1) is 11.3. The van der Waals surface area contributed by atoms with Crippen molar-refractivity contribution in [3.8, 4) is 0 Å². The van der Waals surface area contributed by atoms with Crippen LogP contribution in [0.5, 0.6) is 0 Å². The third kappa shape index (κ3) is 5.17. The average Bonchev–Trinajstić information content (AvgIpc) is 2.57. The Bertz CT molecular complexity index is 571. The monoisotopic (exact) mass is 310 g/mol. The molecule has 0 N–H and O–H groups in total. The number of likely N-dealkylation sites (N-methyl/N-ethyl adjacent to an activating group) is 1. The zero-order chi connectivity index (χ0) is 15.9. The van der Waals surface area contributed by atoms with Crippen LogP contribution in [0.2, 0.25) is 0 Å². The second-order valence-corrected chi connectivity index (χ2v) is 6.40. The molecule has 2 aromatic rings. The molecule has 1 fully saturated rings. The summed E-state index contributed by atoms with van der Waals surface area (Å²) < 4.78 is 5.97. The highest BCUT2D eigenvalue weighted by Gasteiger charge is 2.21. The van der Waals surface area contributed by atoms with Crippen molar-refractivity contribution in [2.45, 2.75) is 19.2 Å². The van der Waals surface area contributed by atoms with Gasteiger partial charge in [-0.05, 0) is 18.2 Å². The first kappa shape index (κ1) is 16.2. The summed E-state index contributed by atoms with van der Waals surface area (Å²) in [6.07, 6.45) is 0.293. The minimum atomic E-state index is 0.293. The molecule has 1 aliphatic rings. The van der Waals surface area contributed by atoms with Crippen molar-refractivity contribution in [1.82, 2.24) is 9.80 Å². The Hall–Kier alpha value is -1.68. The minimum absolute atomic E-state index is 0.293.